The van der Waals surface area contributed by atoms with Gasteiger partial charge < -0.3 is 5.32 Å². The van der Waals surface area contributed by atoms with Gasteiger partial charge in [-0.3, -0.25) is 20.4 Å². The van der Waals surface area contributed by atoms with Crippen molar-refractivity contribution in [3.63, 3.8) is 0 Å². The molecule has 3 N–H and O–H groups in total. The molecule has 5 heteroatoms. The molecule has 0 spiro atoms. The lowest BCUT2D eigenvalue weighted by atomic mass is 10.1. The van der Waals surface area contributed by atoms with Gasteiger partial charge in [-0.2, -0.15) is 0 Å². The third-order valence-corrected chi connectivity index (χ3v) is 3.59. The molecule has 0 bridgehead atoms. The topological polar surface area (TPSA) is 70.2 Å². The average Bonchev–Trinajstić information content (AvgIpc) is 3.12. The zero-order valence-electron chi connectivity index (χ0n) is 12.1. The van der Waals surface area contributed by atoms with E-state index >= 15 is 0 Å². The summed E-state index contributed by atoms with van der Waals surface area (Å²) in [4.78, 5) is 23.2. The fraction of sp³-hybridized carbons (Fsp3) is 0.467. The van der Waals surface area contributed by atoms with E-state index in [4.69, 9.17) is 0 Å². The monoisotopic (exact) mass is 275 g/mol. The van der Waals surface area contributed by atoms with Crippen LogP contribution in [0.25, 0.3) is 0 Å². The number of nitrogens with one attached hydrogen (secondary N) is 3. The Balaban J connectivity index is 1.73. The Morgan fingerprint density at radius 2 is 1.95 bits per heavy atom. The van der Waals surface area contributed by atoms with Crippen LogP contribution in [0.5, 0.6) is 0 Å². The first-order valence-electron chi connectivity index (χ1n) is 6.87. The number of hydrogen-bond acceptors (Lipinski definition) is 3. The van der Waals surface area contributed by atoms with Crippen LogP contribution in [0.4, 0.5) is 5.69 Å². The van der Waals surface area contributed by atoms with Gasteiger partial charge in [0.05, 0.1) is 6.54 Å². The summed E-state index contributed by atoms with van der Waals surface area (Å²) in [7, 11) is 0. The molecule has 2 amide bonds. The lowest BCUT2D eigenvalue weighted by Crippen LogP contribution is -2.45. The number of carbonyl (C=O) groups excluding carboxylic acids is 2. The van der Waals surface area contributed by atoms with E-state index in [1.165, 1.54) is 5.56 Å². The molecular formula is C15H21N3O2. The van der Waals surface area contributed by atoms with Crippen molar-refractivity contribution >= 4 is 17.5 Å². The standard InChI is InChI=1S/C15H21N3O2/c1-9-4-5-13(11(3)6-9)16-8-14(19)17-18-15(20)12-7-10(12)2/h4-6,10,12,16H,7-8H2,1-3H3,(H,17,19)(H,18,20). The maximum absolute atomic E-state index is 11.6. The highest BCUT2D eigenvalue weighted by Crippen LogP contribution is 2.37. The zero-order chi connectivity index (χ0) is 14.7. The predicted octanol–water partition coefficient (Wildman–Crippen LogP) is 1.52. The van der Waals surface area contributed by atoms with Crippen molar-refractivity contribution in [2.24, 2.45) is 11.8 Å². The third-order valence-electron chi connectivity index (χ3n) is 3.59. The number of hydrazine groups is 1. The van der Waals surface area contributed by atoms with Crippen LogP contribution in [0, 0.1) is 25.7 Å². The normalized spacial score (nSPS) is 20.1. The lowest BCUT2D eigenvalue weighted by molar-refractivity contribution is -0.128. The number of rotatable bonds is 4. The molecule has 0 saturated heterocycles. The summed E-state index contributed by atoms with van der Waals surface area (Å²) < 4.78 is 0. The maximum Gasteiger partial charge on any atom is 0.257 e. The molecule has 108 valence electrons. The zero-order valence-corrected chi connectivity index (χ0v) is 12.1. The number of carbonyl (C=O) groups is 2. The summed E-state index contributed by atoms with van der Waals surface area (Å²) >= 11 is 0. The SMILES string of the molecule is Cc1ccc(NCC(=O)NNC(=O)C2CC2C)c(C)c1. The van der Waals surface area contributed by atoms with Gasteiger partial charge in [0.25, 0.3) is 5.91 Å². The highest BCUT2D eigenvalue weighted by molar-refractivity contribution is 5.86. The van der Waals surface area contributed by atoms with E-state index in [9.17, 15) is 9.59 Å². The highest BCUT2D eigenvalue weighted by atomic mass is 16.2. The predicted molar refractivity (Wildman–Crippen MR) is 78.0 cm³/mol. The molecule has 2 atom stereocenters. The maximum atomic E-state index is 11.6. The number of aryl methyl sites for hydroxylation is 2. The minimum absolute atomic E-state index is 0.0580. The second-order valence-corrected chi connectivity index (χ2v) is 5.53. The molecular weight excluding hydrogens is 254 g/mol. The van der Waals surface area contributed by atoms with Crippen molar-refractivity contribution in [1.29, 1.82) is 0 Å². The Bertz CT molecular complexity index is 528. The van der Waals surface area contributed by atoms with Gasteiger partial charge in [-0.1, -0.05) is 24.6 Å². The first-order valence-corrected chi connectivity index (χ1v) is 6.87. The molecule has 2 unspecified atom stereocenters. The van der Waals surface area contributed by atoms with Crippen LogP contribution in [0.1, 0.15) is 24.5 Å². The molecule has 1 aromatic carbocycles. The number of amides is 2. The van der Waals surface area contributed by atoms with E-state index in [-0.39, 0.29) is 24.3 Å². The van der Waals surface area contributed by atoms with E-state index in [0.717, 1.165) is 17.7 Å². The first-order chi connectivity index (χ1) is 9.47. The number of anilines is 1. The van der Waals surface area contributed by atoms with Crippen molar-refractivity contribution in [2.45, 2.75) is 27.2 Å². The van der Waals surface area contributed by atoms with E-state index < -0.39 is 0 Å². The highest BCUT2D eigenvalue weighted by Gasteiger charge is 2.39. The average molecular weight is 275 g/mol. The minimum Gasteiger partial charge on any atom is -0.376 e. The fourth-order valence-corrected chi connectivity index (χ4v) is 2.14. The quantitative estimate of drug-likeness (QED) is 0.730. The molecule has 1 aliphatic rings. The van der Waals surface area contributed by atoms with Gasteiger partial charge in [-0.05, 0) is 37.8 Å². The van der Waals surface area contributed by atoms with Gasteiger partial charge in [0.1, 0.15) is 0 Å². The Labute approximate surface area is 119 Å². The van der Waals surface area contributed by atoms with E-state index in [1.54, 1.807) is 0 Å². The first kappa shape index (κ1) is 14.4. The summed E-state index contributed by atoms with van der Waals surface area (Å²) in [6, 6.07) is 5.99. The minimum atomic E-state index is -0.258. The molecule has 1 fully saturated rings. The molecule has 20 heavy (non-hydrogen) atoms. The third kappa shape index (κ3) is 3.73. The summed E-state index contributed by atoms with van der Waals surface area (Å²) in [6.07, 6.45) is 0.905. The van der Waals surface area contributed by atoms with Crippen LogP contribution in [0.15, 0.2) is 18.2 Å². The summed E-state index contributed by atoms with van der Waals surface area (Å²) in [5, 5.41) is 3.05. The van der Waals surface area contributed by atoms with Gasteiger partial charge in [0.2, 0.25) is 5.91 Å². The smallest absolute Gasteiger partial charge is 0.257 e. The van der Waals surface area contributed by atoms with E-state index in [2.05, 4.69) is 22.2 Å². The molecule has 0 aliphatic heterocycles. The van der Waals surface area contributed by atoms with E-state index in [0.29, 0.717) is 5.92 Å². The number of hydrogen-bond donors (Lipinski definition) is 3. The van der Waals surface area contributed by atoms with E-state index in [1.807, 2.05) is 32.9 Å². The van der Waals surface area contributed by atoms with Crippen molar-refractivity contribution in [3.8, 4) is 0 Å². The van der Waals surface area contributed by atoms with Crippen molar-refractivity contribution in [3.05, 3.63) is 29.3 Å². The summed E-state index contributed by atoms with van der Waals surface area (Å²) in [5.74, 6) is 0.131. The Morgan fingerprint density at radius 3 is 2.55 bits per heavy atom. The molecule has 0 aromatic heterocycles. The Morgan fingerprint density at radius 1 is 1.25 bits per heavy atom. The van der Waals surface area contributed by atoms with Crippen LogP contribution < -0.4 is 16.2 Å². The van der Waals surface area contributed by atoms with Crippen LogP contribution in [0.3, 0.4) is 0 Å². The van der Waals surface area contributed by atoms with Gasteiger partial charge in [0.15, 0.2) is 0 Å². The summed E-state index contributed by atoms with van der Waals surface area (Å²) in [5.41, 5.74) is 8.08. The van der Waals surface area contributed by atoms with Gasteiger partial charge >= 0.3 is 0 Å². The van der Waals surface area contributed by atoms with Crippen LogP contribution in [0.2, 0.25) is 0 Å². The molecule has 1 saturated carbocycles. The summed E-state index contributed by atoms with van der Waals surface area (Å²) in [6.45, 7) is 6.17. The van der Waals surface area contributed by atoms with Gasteiger partial charge in [-0.15, -0.1) is 0 Å². The Hall–Kier alpha value is -2.04. The fourth-order valence-electron chi connectivity index (χ4n) is 2.14. The number of benzene rings is 1. The van der Waals surface area contributed by atoms with Crippen molar-refractivity contribution < 1.29 is 9.59 Å². The molecule has 2 rings (SSSR count). The Kier molecular flexibility index (Phi) is 4.27. The van der Waals surface area contributed by atoms with Crippen molar-refractivity contribution in [1.82, 2.24) is 10.9 Å². The molecule has 5 nitrogen and oxygen atoms in total. The second kappa shape index (κ2) is 5.94. The van der Waals surface area contributed by atoms with Gasteiger partial charge in [0, 0.05) is 11.6 Å². The lowest BCUT2D eigenvalue weighted by Gasteiger charge is -2.11. The molecule has 1 aromatic rings. The largest absolute Gasteiger partial charge is 0.376 e. The molecule has 1 aliphatic carbocycles. The molecule has 0 radical (unpaired) electrons. The van der Waals surface area contributed by atoms with Crippen LogP contribution >= 0.6 is 0 Å². The van der Waals surface area contributed by atoms with Crippen LogP contribution in [-0.2, 0) is 9.59 Å². The van der Waals surface area contributed by atoms with Crippen molar-refractivity contribution in [2.75, 3.05) is 11.9 Å². The van der Waals surface area contributed by atoms with Gasteiger partial charge in [-0.25, -0.2) is 0 Å². The second-order valence-electron chi connectivity index (χ2n) is 5.53. The molecule has 0 heterocycles. The van der Waals surface area contributed by atoms with Crippen LogP contribution in [-0.4, -0.2) is 18.4 Å².